The number of carbonyl (C=O) groups is 2. The van der Waals surface area contributed by atoms with Gasteiger partial charge in [0.2, 0.25) is 0 Å². The van der Waals surface area contributed by atoms with Gasteiger partial charge in [0.25, 0.3) is 0 Å². The molecule has 0 saturated heterocycles. The maximum absolute atomic E-state index is 13.5. The summed E-state index contributed by atoms with van der Waals surface area (Å²) >= 11 is 0. The second-order valence-electron chi connectivity index (χ2n) is 12.7. The molecule has 0 bridgehead atoms. The number of aliphatic hydroxyl groups excluding tert-OH is 1. The Balaban J connectivity index is 1.66. The van der Waals surface area contributed by atoms with Gasteiger partial charge >= 0.3 is 0 Å². The van der Waals surface area contributed by atoms with E-state index < -0.39 is 11.5 Å². The highest BCUT2D eigenvalue weighted by Crippen LogP contribution is 2.74. The summed E-state index contributed by atoms with van der Waals surface area (Å²) in [5, 5.41) is 31.8. The first-order valence-corrected chi connectivity index (χ1v) is 12.5. The number of phenolic OH excluding ortho intramolecular Hbond substituents is 2. The van der Waals surface area contributed by atoms with Crippen LogP contribution in [0.15, 0.2) is 6.07 Å². The van der Waals surface area contributed by atoms with E-state index in [0.717, 1.165) is 37.7 Å². The van der Waals surface area contributed by atoms with Crippen LogP contribution in [0.2, 0.25) is 0 Å². The second-order valence-corrected chi connectivity index (χ2v) is 12.7. The fraction of sp³-hybridized carbons (Fsp3) is 0.714. The summed E-state index contributed by atoms with van der Waals surface area (Å²) in [4.78, 5) is 26.2. The van der Waals surface area contributed by atoms with E-state index in [1.165, 1.54) is 0 Å². The Bertz CT molecular complexity index is 1080. The minimum absolute atomic E-state index is 0.0193. The molecule has 0 amide bonds. The summed E-state index contributed by atoms with van der Waals surface area (Å²) < 4.78 is 0. The molecule has 1 aromatic carbocycles. The predicted molar refractivity (Wildman–Crippen MR) is 125 cm³/mol. The van der Waals surface area contributed by atoms with E-state index in [1.807, 2.05) is 6.92 Å². The van der Waals surface area contributed by atoms with Crippen LogP contribution in [-0.2, 0) is 10.2 Å². The van der Waals surface area contributed by atoms with Crippen LogP contribution < -0.4 is 0 Å². The van der Waals surface area contributed by atoms with Crippen molar-refractivity contribution in [2.75, 3.05) is 0 Å². The number of hydrogen-bond donors (Lipinski definition) is 3. The van der Waals surface area contributed by atoms with Crippen LogP contribution in [0.3, 0.4) is 0 Å². The summed E-state index contributed by atoms with van der Waals surface area (Å²) in [7, 11) is 0. The molecule has 0 aromatic heterocycles. The molecule has 3 N–H and O–H groups in total. The molecule has 4 aliphatic carbocycles. The van der Waals surface area contributed by atoms with Gasteiger partial charge in [-0.3, -0.25) is 9.59 Å². The first-order valence-electron chi connectivity index (χ1n) is 12.5. The van der Waals surface area contributed by atoms with Crippen molar-refractivity contribution in [3.63, 3.8) is 0 Å². The molecule has 1 unspecified atom stereocenters. The maximum Gasteiger partial charge on any atom is 0.164 e. The Morgan fingerprint density at radius 1 is 0.939 bits per heavy atom. The van der Waals surface area contributed by atoms with Gasteiger partial charge in [0.15, 0.2) is 23.1 Å². The van der Waals surface area contributed by atoms with Gasteiger partial charge in [-0.25, -0.2) is 0 Å². The number of phenols is 2. The van der Waals surface area contributed by atoms with E-state index in [1.54, 1.807) is 13.0 Å². The lowest BCUT2D eigenvalue weighted by Crippen LogP contribution is -2.68. The van der Waals surface area contributed by atoms with Crippen LogP contribution >= 0.6 is 0 Å². The van der Waals surface area contributed by atoms with Crippen molar-refractivity contribution in [3.05, 3.63) is 22.8 Å². The second kappa shape index (κ2) is 6.62. The van der Waals surface area contributed by atoms with Crippen LogP contribution in [0.25, 0.3) is 0 Å². The molecule has 0 aliphatic heterocycles. The van der Waals surface area contributed by atoms with Gasteiger partial charge in [-0.05, 0) is 78.7 Å². The number of carbonyl (C=O) groups excluding carboxylic acids is 2. The van der Waals surface area contributed by atoms with E-state index in [0.29, 0.717) is 17.5 Å². The minimum Gasteiger partial charge on any atom is -0.504 e. The number of aliphatic hydroxyl groups is 1. The van der Waals surface area contributed by atoms with Gasteiger partial charge in [-0.2, -0.15) is 0 Å². The Morgan fingerprint density at radius 2 is 1.55 bits per heavy atom. The van der Waals surface area contributed by atoms with E-state index >= 15 is 0 Å². The van der Waals surface area contributed by atoms with Crippen molar-refractivity contribution >= 4 is 11.6 Å². The first-order chi connectivity index (χ1) is 15.2. The fourth-order valence-electron chi connectivity index (χ4n) is 9.12. The van der Waals surface area contributed by atoms with E-state index in [9.17, 15) is 24.9 Å². The summed E-state index contributed by atoms with van der Waals surface area (Å²) in [6.45, 7) is 12.7. The Hall–Kier alpha value is -1.88. The third-order valence-electron chi connectivity index (χ3n) is 11.5. The Morgan fingerprint density at radius 3 is 2.21 bits per heavy atom. The molecular formula is C28H38O5. The molecule has 3 fully saturated rings. The van der Waals surface area contributed by atoms with Crippen molar-refractivity contribution < 1.29 is 24.9 Å². The molecule has 5 rings (SSSR count). The van der Waals surface area contributed by atoms with Gasteiger partial charge in [0.1, 0.15) is 6.10 Å². The topological polar surface area (TPSA) is 94.8 Å². The maximum atomic E-state index is 13.5. The molecular weight excluding hydrogens is 416 g/mol. The van der Waals surface area contributed by atoms with Gasteiger partial charge < -0.3 is 15.3 Å². The fourth-order valence-corrected chi connectivity index (χ4v) is 9.12. The number of Topliss-reactive ketones (excluding diaryl/α,β-unsaturated/α-hetero) is 2. The van der Waals surface area contributed by atoms with Crippen molar-refractivity contribution in [1.29, 1.82) is 0 Å². The molecule has 3 saturated carbocycles. The molecule has 0 heterocycles. The number of hydrogen-bond acceptors (Lipinski definition) is 5. The zero-order chi connectivity index (χ0) is 24.3. The zero-order valence-corrected chi connectivity index (χ0v) is 20.8. The number of aromatic hydroxyl groups is 2. The third kappa shape index (κ3) is 2.53. The highest BCUT2D eigenvalue weighted by atomic mass is 16.3. The number of fused-ring (bicyclic) bond motifs is 7. The SMILES string of the molecule is Cc1c(O)c(O)cc2c1C(=O)C[C@@H]1[C@@]2(C)CC[C@@]2(C)C3C[C@@H](C)C(=O)[C@@H](O)[C@]3(C)CC[C@]12C. The quantitative estimate of drug-likeness (QED) is 0.476. The lowest BCUT2D eigenvalue weighted by Gasteiger charge is -2.71. The molecule has 4 aliphatic rings. The summed E-state index contributed by atoms with van der Waals surface area (Å²) in [6, 6.07) is 1.63. The van der Waals surface area contributed by atoms with Crippen molar-refractivity contribution in [2.45, 2.75) is 91.6 Å². The van der Waals surface area contributed by atoms with E-state index in [4.69, 9.17) is 0 Å². The smallest absolute Gasteiger partial charge is 0.164 e. The van der Waals surface area contributed by atoms with Gasteiger partial charge in [-0.15, -0.1) is 0 Å². The van der Waals surface area contributed by atoms with Gasteiger partial charge in [0.05, 0.1) is 0 Å². The Labute approximate surface area is 196 Å². The average molecular weight is 455 g/mol. The standard InChI is InChI=1S/C28H38O5/c1-14-11-19-26(4,24(33)22(14)31)8-10-28(6)20-13-17(29)21-15(2)23(32)18(30)12-16(21)25(20,3)7-9-27(19,28)5/h12,14,19-20,24,30,32-33H,7-11,13H2,1-6H3/t14-,19?,20-,24-,25+,26-,27+,28-/m1/s1. The van der Waals surface area contributed by atoms with Crippen molar-refractivity contribution in [2.24, 2.45) is 34.0 Å². The normalized spacial score (nSPS) is 46.8. The highest BCUT2D eigenvalue weighted by Gasteiger charge is 2.70. The third-order valence-corrected chi connectivity index (χ3v) is 11.5. The number of benzene rings is 1. The van der Waals surface area contributed by atoms with Crippen LogP contribution in [0.1, 0.15) is 94.6 Å². The van der Waals surface area contributed by atoms with Gasteiger partial charge in [-0.1, -0.05) is 34.6 Å². The van der Waals surface area contributed by atoms with E-state index in [2.05, 4.69) is 27.7 Å². The lowest BCUT2D eigenvalue weighted by molar-refractivity contribution is -0.222. The van der Waals surface area contributed by atoms with Crippen LogP contribution in [0, 0.1) is 40.9 Å². The zero-order valence-electron chi connectivity index (χ0n) is 20.8. The largest absolute Gasteiger partial charge is 0.504 e. The van der Waals surface area contributed by atoms with Gasteiger partial charge in [0, 0.05) is 28.9 Å². The molecule has 8 atom stereocenters. The Kier molecular flexibility index (Phi) is 4.59. The lowest BCUT2D eigenvalue weighted by atomic mass is 9.33. The molecule has 5 nitrogen and oxygen atoms in total. The summed E-state index contributed by atoms with van der Waals surface area (Å²) in [5.41, 5.74) is 0.986. The monoisotopic (exact) mass is 454 g/mol. The summed E-state index contributed by atoms with van der Waals surface area (Å²) in [5.74, 6) is -0.163. The van der Waals surface area contributed by atoms with Crippen LogP contribution in [-0.4, -0.2) is 33.0 Å². The molecule has 0 spiro atoms. The predicted octanol–water partition coefficient (Wildman–Crippen LogP) is 5.06. The van der Waals surface area contributed by atoms with E-state index in [-0.39, 0.29) is 57.1 Å². The molecule has 33 heavy (non-hydrogen) atoms. The minimum atomic E-state index is -0.919. The van der Waals surface area contributed by atoms with Crippen LogP contribution in [0.5, 0.6) is 11.5 Å². The highest BCUT2D eigenvalue weighted by molar-refractivity contribution is 6.02. The number of ketones is 2. The van der Waals surface area contributed by atoms with Crippen molar-refractivity contribution in [3.8, 4) is 11.5 Å². The van der Waals surface area contributed by atoms with Crippen molar-refractivity contribution in [1.82, 2.24) is 0 Å². The molecule has 0 radical (unpaired) electrons. The number of rotatable bonds is 0. The first kappa shape index (κ1) is 22.9. The summed E-state index contributed by atoms with van der Waals surface area (Å²) in [6.07, 6.45) is 3.76. The average Bonchev–Trinajstić information content (AvgIpc) is 2.76. The van der Waals surface area contributed by atoms with Crippen LogP contribution in [0.4, 0.5) is 0 Å². The molecule has 180 valence electrons. The molecule has 5 heteroatoms. The molecule has 1 aromatic rings.